The van der Waals surface area contributed by atoms with Gasteiger partial charge >= 0.3 is 0 Å². The van der Waals surface area contributed by atoms with Crippen molar-refractivity contribution in [1.29, 1.82) is 0 Å². The van der Waals surface area contributed by atoms with Crippen LogP contribution in [-0.4, -0.2) is 30.2 Å². The lowest BCUT2D eigenvalue weighted by atomic mass is 10.3. The molecule has 0 saturated heterocycles. The van der Waals surface area contributed by atoms with E-state index in [4.69, 9.17) is 4.74 Å². The number of amides is 1. The number of nitrogens with one attached hydrogen (secondary N) is 1. The van der Waals surface area contributed by atoms with Crippen LogP contribution in [0.1, 0.15) is 26.2 Å². The Morgan fingerprint density at radius 2 is 2.11 bits per heavy atom. The predicted octanol–water partition coefficient (Wildman–Crippen LogP) is 1.17. The molecule has 106 valence electrons. The Kier molecular flexibility index (Phi) is 7.58. The van der Waals surface area contributed by atoms with E-state index in [2.05, 4.69) is 12.2 Å². The van der Waals surface area contributed by atoms with Gasteiger partial charge in [-0.1, -0.05) is 19.4 Å². The van der Waals surface area contributed by atoms with Gasteiger partial charge in [-0.15, -0.1) is 0 Å². The standard InChI is InChI=1S/C14H22N2O3/c1-2-3-10-19-11-6-8-15-13(17)12-16-9-5-4-7-14(16)18/h4-5,7,9H,2-3,6,8,10-12H2,1H3,(H,15,17). The van der Waals surface area contributed by atoms with E-state index in [0.29, 0.717) is 13.2 Å². The molecule has 0 radical (unpaired) electrons. The summed E-state index contributed by atoms with van der Waals surface area (Å²) >= 11 is 0. The van der Waals surface area contributed by atoms with Crippen molar-refractivity contribution in [2.75, 3.05) is 19.8 Å². The average Bonchev–Trinajstić information content (AvgIpc) is 2.40. The third kappa shape index (κ3) is 6.76. The number of carbonyl (C=O) groups excluding carboxylic acids is 1. The Bertz CT molecular complexity index is 429. The average molecular weight is 266 g/mol. The maximum absolute atomic E-state index is 11.6. The van der Waals surface area contributed by atoms with Gasteiger partial charge in [0.25, 0.3) is 5.56 Å². The molecule has 1 N–H and O–H groups in total. The monoisotopic (exact) mass is 266 g/mol. The number of unbranched alkanes of at least 4 members (excludes halogenated alkanes) is 1. The van der Waals surface area contributed by atoms with E-state index in [1.807, 2.05) is 0 Å². The van der Waals surface area contributed by atoms with E-state index in [9.17, 15) is 9.59 Å². The van der Waals surface area contributed by atoms with Crippen LogP contribution in [0.4, 0.5) is 0 Å². The number of hydrogen-bond acceptors (Lipinski definition) is 3. The molecule has 0 saturated carbocycles. The van der Waals surface area contributed by atoms with E-state index >= 15 is 0 Å². The van der Waals surface area contributed by atoms with Gasteiger partial charge < -0.3 is 14.6 Å². The Morgan fingerprint density at radius 3 is 2.84 bits per heavy atom. The van der Waals surface area contributed by atoms with Gasteiger partial charge in [-0.25, -0.2) is 0 Å². The number of ether oxygens (including phenoxy) is 1. The maximum atomic E-state index is 11.6. The SMILES string of the molecule is CCCCOCCCNC(=O)Cn1ccccc1=O. The molecule has 0 aromatic carbocycles. The summed E-state index contributed by atoms with van der Waals surface area (Å²) in [5.74, 6) is -0.151. The Hall–Kier alpha value is -1.62. The molecule has 1 rings (SSSR count). The van der Waals surface area contributed by atoms with Crippen molar-refractivity contribution in [2.45, 2.75) is 32.7 Å². The Morgan fingerprint density at radius 1 is 1.32 bits per heavy atom. The topological polar surface area (TPSA) is 60.3 Å². The molecular weight excluding hydrogens is 244 g/mol. The second-order valence-electron chi connectivity index (χ2n) is 4.34. The predicted molar refractivity (Wildman–Crippen MR) is 74.1 cm³/mol. The highest BCUT2D eigenvalue weighted by molar-refractivity contribution is 5.75. The second-order valence-corrected chi connectivity index (χ2v) is 4.34. The summed E-state index contributed by atoms with van der Waals surface area (Å²) in [4.78, 5) is 23.0. The minimum absolute atomic E-state index is 0.0658. The lowest BCUT2D eigenvalue weighted by Crippen LogP contribution is -2.32. The summed E-state index contributed by atoms with van der Waals surface area (Å²) < 4.78 is 6.77. The third-order valence-corrected chi connectivity index (χ3v) is 2.64. The van der Waals surface area contributed by atoms with Crippen molar-refractivity contribution >= 4 is 5.91 Å². The van der Waals surface area contributed by atoms with Gasteiger partial charge in [-0.05, 0) is 18.9 Å². The molecule has 1 aromatic rings. The first-order valence-electron chi connectivity index (χ1n) is 6.74. The third-order valence-electron chi connectivity index (χ3n) is 2.64. The molecule has 0 unspecified atom stereocenters. The molecule has 0 aliphatic carbocycles. The van der Waals surface area contributed by atoms with Crippen LogP contribution in [0.3, 0.4) is 0 Å². The number of carbonyl (C=O) groups is 1. The lowest BCUT2D eigenvalue weighted by Gasteiger charge is -2.07. The van der Waals surface area contributed by atoms with Crippen LogP contribution >= 0.6 is 0 Å². The van der Waals surface area contributed by atoms with Gasteiger partial charge in [0.05, 0.1) is 0 Å². The number of rotatable bonds is 9. The van der Waals surface area contributed by atoms with Crippen molar-refractivity contribution in [3.05, 3.63) is 34.7 Å². The summed E-state index contributed by atoms with van der Waals surface area (Å²) in [6, 6.07) is 4.83. The fourth-order valence-electron chi connectivity index (χ4n) is 1.55. The molecule has 19 heavy (non-hydrogen) atoms. The van der Waals surface area contributed by atoms with Crippen LogP contribution in [0.25, 0.3) is 0 Å². The van der Waals surface area contributed by atoms with Gasteiger partial charge in [0.1, 0.15) is 6.54 Å². The Balaban J connectivity index is 2.12. The van der Waals surface area contributed by atoms with E-state index in [1.54, 1.807) is 18.3 Å². The molecule has 5 nitrogen and oxygen atoms in total. The van der Waals surface area contributed by atoms with Gasteiger partial charge in [-0.2, -0.15) is 0 Å². The first-order valence-corrected chi connectivity index (χ1v) is 6.74. The highest BCUT2D eigenvalue weighted by Crippen LogP contribution is 1.89. The van der Waals surface area contributed by atoms with Crippen molar-refractivity contribution in [2.24, 2.45) is 0 Å². The van der Waals surface area contributed by atoms with Crippen LogP contribution in [-0.2, 0) is 16.1 Å². The first kappa shape index (κ1) is 15.4. The smallest absolute Gasteiger partial charge is 0.250 e. The Labute approximate surface area is 113 Å². The molecular formula is C14H22N2O3. The number of aromatic nitrogens is 1. The zero-order valence-electron chi connectivity index (χ0n) is 11.4. The summed E-state index contributed by atoms with van der Waals surface area (Å²) in [7, 11) is 0. The number of nitrogens with zero attached hydrogens (tertiary/aromatic N) is 1. The fraction of sp³-hybridized carbons (Fsp3) is 0.571. The molecule has 1 heterocycles. The highest BCUT2D eigenvalue weighted by atomic mass is 16.5. The quantitative estimate of drug-likeness (QED) is 0.683. The first-order chi connectivity index (χ1) is 9.24. The normalized spacial score (nSPS) is 10.4. The van der Waals surface area contributed by atoms with Crippen molar-refractivity contribution in [1.82, 2.24) is 9.88 Å². The zero-order valence-corrected chi connectivity index (χ0v) is 11.4. The molecule has 0 atom stereocenters. The van der Waals surface area contributed by atoms with Crippen LogP contribution < -0.4 is 10.9 Å². The highest BCUT2D eigenvalue weighted by Gasteiger charge is 2.02. The minimum Gasteiger partial charge on any atom is -0.381 e. The van der Waals surface area contributed by atoms with E-state index < -0.39 is 0 Å². The van der Waals surface area contributed by atoms with Crippen LogP contribution in [0.15, 0.2) is 29.2 Å². The number of hydrogen-bond donors (Lipinski definition) is 1. The van der Waals surface area contributed by atoms with E-state index in [1.165, 1.54) is 10.6 Å². The summed E-state index contributed by atoms with van der Waals surface area (Å²) in [6.07, 6.45) is 4.60. The van der Waals surface area contributed by atoms with Crippen molar-refractivity contribution in [3.63, 3.8) is 0 Å². The van der Waals surface area contributed by atoms with Gasteiger partial charge in [0, 0.05) is 32.0 Å². The molecule has 1 aromatic heterocycles. The molecule has 5 heteroatoms. The van der Waals surface area contributed by atoms with Crippen molar-refractivity contribution < 1.29 is 9.53 Å². The van der Waals surface area contributed by atoms with Gasteiger partial charge in [0.2, 0.25) is 5.91 Å². The van der Waals surface area contributed by atoms with Crippen LogP contribution in [0, 0.1) is 0 Å². The second kappa shape index (κ2) is 9.33. The van der Waals surface area contributed by atoms with Crippen LogP contribution in [0.5, 0.6) is 0 Å². The minimum atomic E-state index is -0.166. The summed E-state index contributed by atoms with van der Waals surface area (Å²) in [5, 5.41) is 2.77. The van der Waals surface area contributed by atoms with Crippen molar-refractivity contribution in [3.8, 4) is 0 Å². The summed E-state index contributed by atoms with van der Waals surface area (Å²) in [6.45, 7) is 4.20. The largest absolute Gasteiger partial charge is 0.381 e. The zero-order chi connectivity index (χ0) is 13.9. The lowest BCUT2D eigenvalue weighted by molar-refractivity contribution is -0.121. The molecule has 0 aliphatic rings. The number of pyridine rings is 1. The van der Waals surface area contributed by atoms with E-state index in [-0.39, 0.29) is 18.0 Å². The molecule has 0 fully saturated rings. The molecule has 0 bridgehead atoms. The molecule has 1 amide bonds. The fourth-order valence-corrected chi connectivity index (χ4v) is 1.55. The van der Waals surface area contributed by atoms with E-state index in [0.717, 1.165) is 25.9 Å². The molecule has 0 spiro atoms. The summed E-state index contributed by atoms with van der Waals surface area (Å²) in [5.41, 5.74) is -0.166. The van der Waals surface area contributed by atoms with Gasteiger partial charge in [-0.3, -0.25) is 9.59 Å². The van der Waals surface area contributed by atoms with Crippen LogP contribution in [0.2, 0.25) is 0 Å². The molecule has 0 aliphatic heterocycles. The van der Waals surface area contributed by atoms with Gasteiger partial charge in [0.15, 0.2) is 0 Å². The maximum Gasteiger partial charge on any atom is 0.250 e.